The number of hydrogen-bond acceptors (Lipinski definition) is 4. The molecule has 0 radical (unpaired) electrons. The number of likely N-dealkylation sites (tertiary alicyclic amines) is 1. The SMILES string of the molecule is CC(C)(C)OC(=O)N1CC[C@H]2CC21c1nc2c(n1O)CCCc1cc(Br)ccc1-2. The number of piperidine rings is 1. The maximum atomic E-state index is 12.9. The maximum absolute atomic E-state index is 12.9. The van der Waals surface area contributed by atoms with Gasteiger partial charge in [-0.1, -0.05) is 22.0 Å². The van der Waals surface area contributed by atoms with E-state index in [1.54, 1.807) is 4.90 Å². The molecule has 1 amide bonds. The number of rotatable bonds is 1. The van der Waals surface area contributed by atoms with Crippen molar-refractivity contribution in [2.75, 3.05) is 6.54 Å². The molecule has 0 spiro atoms. The highest BCUT2D eigenvalue weighted by molar-refractivity contribution is 9.10. The minimum absolute atomic E-state index is 0.319. The summed E-state index contributed by atoms with van der Waals surface area (Å²) in [4.78, 5) is 19.6. The van der Waals surface area contributed by atoms with Crippen LogP contribution in [0.3, 0.4) is 0 Å². The second-order valence-electron chi connectivity index (χ2n) is 9.44. The van der Waals surface area contributed by atoms with Crippen molar-refractivity contribution in [1.82, 2.24) is 14.6 Å². The molecule has 2 aromatic rings. The molecular weight excluding hydrogens is 434 g/mol. The summed E-state index contributed by atoms with van der Waals surface area (Å²) in [6.07, 6.45) is 4.10. The zero-order chi connectivity index (χ0) is 20.6. The fourth-order valence-electron chi connectivity index (χ4n) is 5.05. The molecule has 1 N–H and O–H groups in total. The topological polar surface area (TPSA) is 67.6 Å². The normalized spacial score (nSPS) is 25.1. The van der Waals surface area contributed by atoms with E-state index in [-0.39, 0.29) is 6.09 Å². The Kier molecular flexibility index (Phi) is 4.08. The number of imidazole rings is 1. The number of amides is 1. The van der Waals surface area contributed by atoms with E-state index in [0.29, 0.717) is 18.3 Å². The number of carbonyl (C=O) groups is 1. The van der Waals surface area contributed by atoms with Crippen LogP contribution in [0.5, 0.6) is 0 Å². The molecule has 6 nitrogen and oxygen atoms in total. The highest BCUT2D eigenvalue weighted by atomic mass is 79.9. The first-order valence-corrected chi connectivity index (χ1v) is 11.1. The Balaban J connectivity index is 1.58. The number of benzene rings is 1. The van der Waals surface area contributed by atoms with Crippen LogP contribution in [-0.4, -0.2) is 38.1 Å². The molecule has 1 saturated heterocycles. The molecule has 1 saturated carbocycles. The van der Waals surface area contributed by atoms with Gasteiger partial charge in [-0.2, -0.15) is 4.73 Å². The van der Waals surface area contributed by atoms with Gasteiger partial charge in [0.1, 0.15) is 11.1 Å². The third kappa shape index (κ3) is 2.88. The fraction of sp³-hybridized carbons (Fsp3) is 0.545. The number of hydrogen-bond donors (Lipinski definition) is 1. The van der Waals surface area contributed by atoms with Gasteiger partial charge in [0.15, 0.2) is 5.82 Å². The van der Waals surface area contributed by atoms with E-state index in [9.17, 15) is 10.0 Å². The number of ether oxygens (including phenoxy) is 1. The first-order valence-electron chi connectivity index (χ1n) is 10.3. The molecule has 3 aliphatic rings. The molecule has 1 aliphatic heterocycles. The number of aromatic nitrogens is 2. The van der Waals surface area contributed by atoms with Gasteiger partial charge < -0.3 is 9.94 Å². The molecule has 5 rings (SSSR count). The van der Waals surface area contributed by atoms with Crippen molar-refractivity contribution in [3.63, 3.8) is 0 Å². The minimum atomic E-state index is -0.552. The van der Waals surface area contributed by atoms with Gasteiger partial charge in [0.25, 0.3) is 0 Å². The van der Waals surface area contributed by atoms with E-state index >= 15 is 0 Å². The van der Waals surface area contributed by atoms with Crippen LogP contribution in [0.15, 0.2) is 22.7 Å². The standard InChI is InChI=1S/C22H26BrN3O3/c1-21(2,3)29-20(27)25-10-9-14-12-22(14,25)19-24-18-16-8-7-15(23)11-13(16)5-4-6-17(18)26(19)28/h7-8,11,14,28H,4-6,9-10,12H2,1-3H3/t14-,22?/m0/s1. The number of fused-ring (bicyclic) bond motifs is 4. The van der Waals surface area contributed by atoms with Crippen LogP contribution in [0.25, 0.3) is 11.3 Å². The van der Waals surface area contributed by atoms with Gasteiger partial charge in [0.05, 0.1) is 11.4 Å². The Morgan fingerprint density at radius 1 is 1.34 bits per heavy atom. The van der Waals surface area contributed by atoms with Crippen molar-refractivity contribution in [3.05, 3.63) is 39.8 Å². The van der Waals surface area contributed by atoms with Gasteiger partial charge >= 0.3 is 6.09 Å². The second kappa shape index (κ2) is 6.24. The molecule has 2 atom stereocenters. The van der Waals surface area contributed by atoms with E-state index in [1.807, 2.05) is 26.8 Å². The number of aryl methyl sites for hydroxylation is 1. The Morgan fingerprint density at radius 3 is 2.86 bits per heavy atom. The highest BCUT2D eigenvalue weighted by Crippen LogP contribution is 2.62. The third-order valence-electron chi connectivity index (χ3n) is 6.39. The van der Waals surface area contributed by atoms with Crippen molar-refractivity contribution in [2.24, 2.45) is 5.92 Å². The zero-order valence-electron chi connectivity index (χ0n) is 17.0. The maximum Gasteiger partial charge on any atom is 0.411 e. The monoisotopic (exact) mass is 459 g/mol. The largest absolute Gasteiger partial charge is 0.444 e. The predicted octanol–water partition coefficient (Wildman–Crippen LogP) is 4.89. The Labute approximate surface area is 179 Å². The van der Waals surface area contributed by atoms with Crippen LogP contribution in [0.2, 0.25) is 0 Å². The summed E-state index contributed by atoms with van der Waals surface area (Å²) in [6, 6.07) is 6.23. The van der Waals surface area contributed by atoms with E-state index in [0.717, 1.165) is 53.5 Å². The molecule has 1 aromatic heterocycles. The highest BCUT2D eigenvalue weighted by Gasteiger charge is 2.68. The quantitative estimate of drug-likeness (QED) is 0.616. The smallest absolute Gasteiger partial charge is 0.411 e. The van der Waals surface area contributed by atoms with Crippen molar-refractivity contribution in [1.29, 1.82) is 0 Å². The summed E-state index contributed by atoms with van der Waals surface area (Å²) in [5.41, 5.74) is 2.91. The van der Waals surface area contributed by atoms with E-state index in [2.05, 4.69) is 28.1 Å². The van der Waals surface area contributed by atoms with Gasteiger partial charge in [-0.25, -0.2) is 9.78 Å². The van der Waals surface area contributed by atoms with Crippen molar-refractivity contribution in [2.45, 2.75) is 64.0 Å². The van der Waals surface area contributed by atoms with Crippen LogP contribution in [0, 0.1) is 5.92 Å². The Bertz CT molecular complexity index is 1010. The lowest BCUT2D eigenvalue weighted by atomic mass is 10.0. The number of carbonyl (C=O) groups excluding carboxylic acids is 1. The molecular formula is C22H26BrN3O3. The zero-order valence-corrected chi connectivity index (χ0v) is 18.6. The summed E-state index contributed by atoms with van der Waals surface area (Å²) in [5.74, 6) is 0.919. The van der Waals surface area contributed by atoms with Crippen molar-refractivity contribution in [3.8, 4) is 11.3 Å². The number of nitrogens with zero attached hydrogens (tertiary/aromatic N) is 3. The summed E-state index contributed by atoms with van der Waals surface area (Å²) < 4.78 is 7.98. The first-order chi connectivity index (χ1) is 13.7. The van der Waals surface area contributed by atoms with Crippen molar-refractivity contribution < 1.29 is 14.7 Å². The Morgan fingerprint density at radius 2 is 2.14 bits per heavy atom. The first kappa shape index (κ1) is 19.0. The van der Waals surface area contributed by atoms with Crippen LogP contribution >= 0.6 is 15.9 Å². The molecule has 29 heavy (non-hydrogen) atoms. The van der Waals surface area contributed by atoms with Gasteiger partial charge in [0.2, 0.25) is 0 Å². The van der Waals surface area contributed by atoms with Gasteiger partial charge in [-0.05, 0) is 76.5 Å². The minimum Gasteiger partial charge on any atom is -0.444 e. The molecule has 0 bridgehead atoms. The molecule has 2 aliphatic carbocycles. The van der Waals surface area contributed by atoms with E-state index < -0.39 is 11.1 Å². The lowest BCUT2D eigenvalue weighted by Gasteiger charge is -2.30. The summed E-state index contributed by atoms with van der Waals surface area (Å²) in [6.45, 7) is 6.27. The van der Waals surface area contributed by atoms with E-state index in [1.165, 1.54) is 10.3 Å². The van der Waals surface area contributed by atoms with Crippen LogP contribution < -0.4 is 0 Å². The van der Waals surface area contributed by atoms with Crippen LogP contribution in [-0.2, 0) is 23.1 Å². The third-order valence-corrected chi connectivity index (χ3v) is 6.88. The number of halogens is 1. The second-order valence-corrected chi connectivity index (χ2v) is 10.4. The Hall–Kier alpha value is -2.02. The molecule has 1 unspecified atom stereocenters. The summed E-state index contributed by atoms with van der Waals surface area (Å²) >= 11 is 3.56. The lowest BCUT2D eigenvalue weighted by molar-refractivity contribution is 0.0134. The molecule has 154 valence electrons. The average Bonchev–Trinajstić information content (AvgIpc) is 3.15. The molecule has 2 fully saturated rings. The molecule has 2 heterocycles. The predicted molar refractivity (Wildman–Crippen MR) is 112 cm³/mol. The van der Waals surface area contributed by atoms with Crippen LogP contribution in [0.1, 0.15) is 57.1 Å². The van der Waals surface area contributed by atoms with Gasteiger partial charge in [0, 0.05) is 16.6 Å². The fourth-order valence-corrected chi connectivity index (χ4v) is 5.46. The molecule has 1 aromatic carbocycles. The molecule has 7 heteroatoms. The summed E-state index contributed by atoms with van der Waals surface area (Å²) in [7, 11) is 0. The summed E-state index contributed by atoms with van der Waals surface area (Å²) in [5, 5.41) is 11.1. The van der Waals surface area contributed by atoms with E-state index in [4.69, 9.17) is 9.72 Å². The van der Waals surface area contributed by atoms with Crippen LogP contribution in [0.4, 0.5) is 4.79 Å². The van der Waals surface area contributed by atoms with Gasteiger partial charge in [-0.3, -0.25) is 4.90 Å². The van der Waals surface area contributed by atoms with Gasteiger partial charge in [-0.15, -0.1) is 0 Å². The average molecular weight is 460 g/mol. The van der Waals surface area contributed by atoms with Crippen molar-refractivity contribution >= 4 is 22.0 Å². The lowest BCUT2D eigenvalue weighted by Crippen LogP contribution is -2.43.